The first kappa shape index (κ1) is 11.3. The molecule has 0 saturated carbocycles. The smallest absolute Gasteiger partial charge is 0.259 e. The zero-order chi connectivity index (χ0) is 11.8. The Hall–Kier alpha value is -1.23. The van der Waals surface area contributed by atoms with Gasteiger partial charge in [0.25, 0.3) is 5.92 Å². The number of aromatic nitrogens is 1. The van der Waals surface area contributed by atoms with E-state index in [0.717, 1.165) is 4.73 Å². The molecular formula is C11H15F2N2O+. The summed E-state index contributed by atoms with van der Waals surface area (Å²) in [6, 6.07) is 3.06. The van der Waals surface area contributed by atoms with Crippen LogP contribution in [0.5, 0.6) is 0 Å². The molecule has 1 aliphatic heterocycles. The normalized spacial score (nSPS) is 28.9. The first-order valence-corrected chi connectivity index (χ1v) is 5.25. The van der Waals surface area contributed by atoms with Crippen LogP contribution < -0.4 is 10.0 Å². The topological polar surface area (TPSA) is 36.1 Å². The molecule has 0 aliphatic carbocycles. The average Bonchev–Trinajstić information content (AvgIpc) is 2.23. The molecule has 1 aromatic heterocycles. The molecule has 0 aromatic carbocycles. The van der Waals surface area contributed by atoms with E-state index in [1.807, 2.05) is 0 Å². The third-order valence-corrected chi connectivity index (χ3v) is 3.35. The summed E-state index contributed by atoms with van der Waals surface area (Å²) in [6.07, 6.45) is 2.58. The van der Waals surface area contributed by atoms with Crippen LogP contribution in [0.25, 0.3) is 0 Å². The van der Waals surface area contributed by atoms with Crippen LogP contribution in [0.2, 0.25) is 0 Å². The van der Waals surface area contributed by atoms with Gasteiger partial charge in [-0.25, -0.2) is 8.78 Å². The van der Waals surface area contributed by atoms with E-state index in [-0.39, 0.29) is 13.0 Å². The van der Waals surface area contributed by atoms with E-state index in [1.54, 1.807) is 6.92 Å². The van der Waals surface area contributed by atoms with Gasteiger partial charge in [-0.3, -0.25) is 5.21 Å². The third-order valence-electron chi connectivity index (χ3n) is 3.35. The molecule has 5 heteroatoms. The van der Waals surface area contributed by atoms with Crippen molar-refractivity contribution in [1.82, 2.24) is 5.32 Å². The highest BCUT2D eigenvalue weighted by Gasteiger charge is 2.52. The number of rotatable bonds is 1. The number of pyridine rings is 1. The van der Waals surface area contributed by atoms with Crippen LogP contribution in [0.15, 0.2) is 24.5 Å². The highest BCUT2D eigenvalue weighted by Crippen LogP contribution is 2.42. The summed E-state index contributed by atoms with van der Waals surface area (Å²) in [5, 5.41) is 12.1. The maximum Gasteiger partial charge on any atom is 0.259 e. The second-order valence-corrected chi connectivity index (χ2v) is 4.43. The highest BCUT2D eigenvalue weighted by atomic mass is 19.3. The van der Waals surface area contributed by atoms with E-state index in [2.05, 4.69) is 5.32 Å². The predicted octanol–water partition coefficient (Wildman–Crippen LogP) is 1.10. The summed E-state index contributed by atoms with van der Waals surface area (Å²) >= 11 is 0. The number of hydrogen-bond donors (Lipinski definition) is 2. The second-order valence-electron chi connectivity index (χ2n) is 4.43. The number of nitrogens with one attached hydrogen (secondary N) is 1. The maximum atomic E-state index is 13.9. The summed E-state index contributed by atoms with van der Waals surface area (Å²) in [5.74, 6) is -2.72. The quantitative estimate of drug-likeness (QED) is 0.559. The maximum absolute atomic E-state index is 13.9. The number of nitrogens with zero attached hydrogens (tertiary/aromatic N) is 1. The Morgan fingerprint density at radius 2 is 2.00 bits per heavy atom. The van der Waals surface area contributed by atoms with Crippen molar-refractivity contribution in [2.24, 2.45) is 0 Å². The van der Waals surface area contributed by atoms with Crippen molar-refractivity contribution in [3.63, 3.8) is 0 Å². The molecule has 1 aromatic rings. The van der Waals surface area contributed by atoms with Gasteiger partial charge in [0.05, 0.1) is 5.41 Å². The summed E-state index contributed by atoms with van der Waals surface area (Å²) < 4.78 is 28.7. The van der Waals surface area contributed by atoms with Gasteiger partial charge in [0.15, 0.2) is 0 Å². The molecule has 0 spiro atoms. The molecule has 1 atom stereocenters. The lowest BCUT2D eigenvalue weighted by molar-refractivity contribution is -0.904. The van der Waals surface area contributed by atoms with Gasteiger partial charge >= 0.3 is 0 Å². The largest absolute Gasteiger partial charge is 0.315 e. The van der Waals surface area contributed by atoms with E-state index in [4.69, 9.17) is 5.21 Å². The lowest BCUT2D eigenvalue weighted by atomic mass is 9.74. The lowest BCUT2D eigenvalue weighted by Crippen LogP contribution is -2.55. The zero-order valence-corrected chi connectivity index (χ0v) is 9.08. The fourth-order valence-corrected chi connectivity index (χ4v) is 2.09. The van der Waals surface area contributed by atoms with E-state index in [9.17, 15) is 8.78 Å². The first-order chi connectivity index (χ1) is 7.46. The Labute approximate surface area is 92.7 Å². The molecule has 0 bridgehead atoms. The number of alkyl halides is 2. The Bertz CT molecular complexity index is 380. The van der Waals surface area contributed by atoms with Crippen molar-refractivity contribution in [2.75, 3.05) is 13.1 Å². The van der Waals surface area contributed by atoms with Crippen LogP contribution in [-0.2, 0) is 5.41 Å². The monoisotopic (exact) mass is 229 g/mol. The van der Waals surface area contributed by atoms with Gasteiger partial charge in [0.1, 0.15) is 0 Å². The molecule has 2 rings (SSSR count). The van der Waals surface area contributed by atoms with Gasteiger partial charge in [-0.05, 0) is 12.5 Å². The van der Waals surface area contributed by atoms with Gasteiger partial charge in [0.2, 0.25) is 12.4 Å². The Morgan fingerprint density at radius 1 is 1.38 bits per heavy atom. The van der Waals surface area contributed by atoms with Gasteiger partial charge in [-0.1, -0.05) is 0 Å². The van der Waals surface area contributed by atoms with Gasteiger partial charge in [-0.2, -0.15) is 0 Å². The Morgan fingerprint density at radius 3 is 2.56 bits per heavy atom. The fraction of sp³-hybridized carbons (Fsp3) is 0.545. The molecule has 2 heterocycles. The van der Waals surface area contributed by atoms with Crippen molar-refractivity contribution in [2.45, 2.75) is 24.7 Å². The Kier molecular flexibility index (Phi) is 2.58. The number of piperidine rings is 1. The van der Waals surface area contributed by atoms with E-state index >= 15 is 0 Å². The molecule has 3 nitrogen and oxygen atoms in total. The highest BCUT2D eigenvalue weighted by molar-refractivity contribution is 5.26. The van der Waals surface area contributed by atoms with Crippen molar-refractivity contribution in [1.29, 1.82) is 0 Å². The molecule has 0 amide bonds. The SMILES string of the molecule is CC1(c2cc[n+](O)cc2)CNCCC1(F)F. The van der Waals surface area contributed by atoms with Gasteiger partial charge < -0.3 is 5.32 Å². The zero-order valence-electron chi connectivity index (χ0n) is 9.08. The molecule has 1 fully saturated rings. The van der Waals surface area contributed by atoms with E-state index in [0.29, 0.717) is 12.1 Å². The van der Waals surface area contributed by atoms with Crippen LogP contribution in [0.1, 0.15) is 18.9 Å². The molecule has 1 unspecified atom stereocenters. The van der Waals surface area contributed by atoms with E-state index in [1.165, 1.54) is 24.5 Å². The number of hydrogen-bond acceptors (Lipinski definition) is 2. The summed E-state index contributed by atoms with van der Waals surface area (Å²) in [6.45, 7) is 2.14. The molecule has 2 N–H and O–H groups in total. The lowest BCUT2D eigenvalue weighted by Gasteiger charge is -2.41. The molecule has 1 saturated heterocycles. The minimum atomic E-state index is -2.72. The van der Waals surface area contributed by atoms with Crippen LogP contribution >= 0.6 is 0 Å². The Balaban J connectivity index is 2.39. The standard InChI is InChI=1S/C11H15F2N2O/c1-10(8-14-5-4-11(10,12)13)9-2-6-15(16)7-3-9/h2-3,6-7,14,16H,4-5,8H2,1H3/q+1. The molecule has 88 valence electrons. The van der Waals surface area contributed by atoms with Crippen molar-refractivity contribution in [3.8, 4) is 0 Å². The van der Waals surface area contributed by atoms with Crippen molar-refractivity contribution >= 4 is 0 Å². The molecule has 16 heavy (non-hydrogen) atoms. The van der Waals surface area contributed by atoms with Crippen LogP contribution in [0.4, 0.5) is 8.78 Å². The van der Waals surface area contributed by atoms with Gasteiger partial charge in [-0.15, -0.1) is 0 Å². The minimum absolute atomic E-state index is 0.155. The molecule has 0 radical (unpaired) electrons. The van der Waals surface area contributed by atoms with Gasteiger partial charge in [0, 0.05) is 36.4 Å². The third kappa shape index (κ3) is 1.65. The predicted molar refractivity (Wildman–Crippen MR) is 53.6 cm³/mol. The van der Waals surface area contributed by atoms with Crippen LogP contribution in [0.3, 0.4) is 0 Å². The average molecular weight is 229 g/mol. The van der Waals surface area contributed by atoms with Crippen molar-refractivity contribution < 1.29 is 18.7 Å². The summed E-state index contributed by atoms with van der Waals surface area (Å²) in [5.41, 5.74) is -0.672. The molecule has 1 aliphatic rings. The summed E-state index contributed by atoms with van der Waals surface area (Å²) in [4.78, 5) is 0. The fourth-order valence-electron chi connectivity index (χ4n) is 2.09. The second kappa shape index (κ2) is 3.66. The van der Waals surface area contributed by atoms with Crippen LogP contribution in [-0.4, -0.2) is 24.2 Å². The van der Waals surface area contributed by atoms with E-state index < -0.39 is 11.3 Å². The number of halogens is 2. The molecular weight excluding hydrogens is 214 g/mol. The minimum Gasteiger partial charge on any atom is -0.315 e. The van der Waals surface area contributed by atoms with Crippen molar-refractivity contribution in [3.05, 3.63) is 30.1 Å². The van der Waals surface area contributed by atoms with Crippen LogP contribution in [0, 0.1) is 0 Å². The summed E-state index contributed by atoms with van der Waals surface area (Å²) in [7, 11) is 0. The first-order valence-electron chi connectivity index (χ1n) is 5.25.